The molecule has 24 heavy (non-hydrogen) atoms. The first-order valence-electron chi connectivity index (χ1n) is 10.4. The van der Waals surface area contributed by atoms with E-state index in [0.29, 0.717) is 0 Å². The number of hydrogen-bond acceptors (Lipinski definition) is 3. The van der Waals surface area contributed by atoms with Gasteiger partial charge in [-0.2, -0.15) is 0 Å². The standard InChI is InChI=1S/C20H41N3O/c1-3-4-5-6-7-8-9-10-11-12-13-14-15-22-20(24)19-18-21-16-17-23(19)2/h19,21H,3-18H2,1-2H3,(H,22,24)/t19-/m1/s1. The van der Waals surface area contributed by atoms with Crippen LogP contribution < -0.4 is 10.6 Å². The maximum Gasteiger partial charge on any atom is 0.238 e. The average molecular weight is 340 g/mol. The molecule has 0 aliphatic carbocycles. The van der Waals surface area contributed by atoms with Gasteiger partial charge in [-0.3, -0.25) is 9.69 Å². The molecule has 0 aromatic heterocycles. The van der Waals surface area contributed by atoms with Gasteiger partial charge in [0.1, 0.15) is 6.04 Å². The minimum absolute atomic E-state index is 0.0103. The van der Waals surface area contributed by atoms with Gasteiger partial charge in [-0.15, -0.1) is 0 Å². The van der Waals surface area contributed by atoms with Gasteiger partial charge in [-0.1, -0.05) is 77.6 Å². The molecule has 0 aromatic carbocycles. The molecule has 0 bridgehead atoms. The Bertz CT molecular complexity index is 309. The van der Waals surface area contributed by atoms with E-state index in [1.165, 1.54) is 70.6 Å². The first-order valence-corrected chi connectivity index (χ1v) is 10.4. The lowest BCUT2D eigenvalue weighted by Gasteiger charge is -2.31. The van der Waals surface area contributed by atoms with Crippen molar-refractivity contribution in [3.8, 4) is 0 Å². The molecule has 0 aromatic rings. The summed E-state index contributed by atoms with van der Waals surface area (Å²) in [6.07, 6.45) is 16.3. The van der Waals surface area contributed by atoms with Crippen LogP contribution in [-0.2, 0) is 4.79 Å². The van der Waals surface area contributed by atoms with E-state index in [9.17, 15) is 4.79 Å². The summed E-state index contributed by atoms with van der Waals surface area (Å²) in [7, 11) is 2.04. The highest BCUT2D eigenvalue weighted by molar-refractivity contribution is 5.82. The van der Waals surface area contributed by atoms with Gasteiger partial charge in [0.15, 0.2) is 0 Å². The van der Waals surface area contributed by atoms with E-state index in [2.05, 4.69) is 22.5 Å². The molecule has 2 N–H and O–H groups in total. The number of amides is 1. The third kappa shape index (κ3) is 10.3. The van der Waals surface area contributed by atoms with Gasteiger partial charge < -0.3 is 10.6 Å². The molecule has 1 saturated heterocycles. The fraction of sp³-hybridized carbons (Fsp3) is 0.950. The summed E-state index contributed by atoms with van der Waals surface area (Å²) in [5.74, 6) is 0.188. The summed E-state index contributed by atoms with van der Waals surface area (Å²) in [5, 5.41) is 6.39. The summed E-state index contributed by atoms with van der Waals surface area (Å²) in [4.78, 5) is 14.3. The Morgan fingerprint density at radius 2 is 1.50 bits per heavy atom. The maximum atomic E-state index is 12.1. The van der Waals surface area contributed by atoms with Crippen molar-refractivity contribution in [2.24, 2.45) is 0 Å². The topological polar surface area (TPSA) is 44.4 Å². The van der Waals surface area contributed by atoms with E-state index in [1.54, 1.807) is 0 Å². The van der Waals surface area contributed by atoms with Crippen molar-refractivity contribution in [2.45, 2.75) is 90.0 Å². The van der Waals surface area contributed by atoms with Crippen molar-refractivity contribution in [3.63, 3.8) is 0 Å². The number of nitrogens with one attached hydrogen (secondary N) is 2. The molecule has 0 unspecified atom stereocenters. The SMILES string of the molecule is CCCCCCCCCCCCCCNC(=O)[C@H]1CNCCN1C. The van der Waals surface area contributed by atoms with Crippen LogP contribution in [0.5, 0.6) is 0 Å². The van der Waals surface area contributed by atoms with Gasteiger partial charge in [-0.05, 0) is 13.5 Å². The number of unbranched alkanes of at least 4 members (excludes halogenated alkanes) is 11. The van der Waals surface area contributed by atoms with Gasteiger partial charge >= 0.3 is 0 Å². The van der Waals surface area contributed by atoms with Crippen LogP contribution in [0.1, 0.15) is 84.0 Å². The summed E-state index contributed by atoms with van der Waals surface area (Å²) >= 11 is 0. The molecule has 4 nitrogen and oxygen atoms in total. The van der Waals surface area contributed by atoms with E-state index >= 15 is 0 Å². The second-order valence-corrected chi connectivity index (χ2v) is 7.38. The number of rotatable bonds is 14. The Balaban J connectivity index is 1.82. The van der Waals surface area contributed by atoms with Crippen LogP contribution in [0.2, 0.25) is 0 Å². The van der Waals surface area contributed by atoms with Gasteiger partial charge in [0.25, 0.3) is 0 Å². The molecule has 1 aliphatic rings. The molecule has 142 valence electrons. The van der Waals surface area contributed by atoms with Crippen molar-refractivity contribution in [1.82, 2.24) is 15.5 Å². The van der Waals surface area contributed by atoms with E-state index in [0.717, 1.165) is 32.6 Å². The number of carbonyl (C=O) groups excluding carboxylic acids is 1. The molecule has 1 fully saturated rings. The smallest absolute Gasteiger partial charge is 0.238 e. The largest absolute Gasteiger partial charge is 0.355 e. The van der Waals surface area contributed by atoms with Crippen LogP contribution in [0.15, 0.2) is 0 Å². The third-order valence-electron chi connectivity index (χ3n) is 5.14. The predicted octanol–water partition coefficient (Wildman–Crippen LogP) is 3.71. The second-order valence-electron chi connectivity index (χ2n) is 7.38. The number of carbonyl (C=O) groups is 1. The highest BCUT2D eigenvalue weighted by Gasteiger charge is 2.24. The molecule has 1 heterocycles. The van der Waals surface area contributed by atoms with Gasteiger partial charge in [0.05, 0.1) is 0 Å². The number of hydrogen-bond donors (Lipinski definition) is 2. The van der Waals surface area contributed by atoms with E-state index in [-0.39, 0.29) is 11.9 Å². The average Bonchev–Trinajstić information content (AvgIpc) is 2.59. The van der Waals surface area contributed by atoms with Crippen LogP contribution >= 0.6 is 0 Å². The summed E-state index contributed by atoms with van der Waals surface area (Å²) in [6.45, 7) is 5.83. The second kappa shape index (κ2) is 14.7. The lowest BCUT2D eigenvalue weighted by atomic mass is 10.1. The van der Waals surface area contributed by atoms with Crippen LogP contribution in [0.3, 0.4) is 0 Å². The molecular formula is C20H41N3O. The highest BCUT2D eigenvalue weighted by atomic mass is 16.2. The van der Waals surface area contributed by atoms with Gasteiger partial charge in [0.2, 0.25) is 5.91 Å². The number of piperazine rings is 1. The Labute approximate surface area is 150 Å². The summed E-state index contributed by atoms with van der Waals surface area (Å²) < 4.78 is 0. The molecule has 1 atom stereocenters. The minimum atomic E-state index is 0.0103. The molecule has 4 heteroatoms. The predicted molar refractivity (Wildman–Crippen MR) is 103 cm³/mol. The monoisotopic (exact) mass is 339 g/mol. The summed E-state index contributed by atoms with van der Waals surface area (Å²) in [5.41, 5.74) is 0. The Morgan fingerprint density at radius 1 is 0.958 bits per heavy atom. The molecule has 0 spiro atoms. The molecule has 1 amide bonds. The van der Waals surface area contributed by atoms with Crippen molar-refractivity contribution in [2.75, 3.05) is 33.2 Å². The Morgan fingerprint density at radius 3 is 2.04 bits per heavy atom. The highest BCUT2D eigenvalue weighted by Crippen LogP contribution is 2.11. The van der Waals surface area contributed by atoms with Crippen molar-refractivity contribution in [3.05, 3.63) is 0 Å². The van der Waals surface area contributed by atoms with Crippen LogP contribution in [-0.4, -0.2) is 50.1 Å². The van der Waals surface area contributed by atoms with Crippen molar-refractivity contribution < 1.29 is 4.79 Å². The maximum absolute atomic E-state index is 12.1. The molecule has 1 aliphatic heterocycles. The van der Waals surface area contributed by atoms with E-state index < -0.39 is 0 Å². The molecular weight excluding hydrogens is 298 g/mol. The van der Waals surface area contributed by atoms with Crippen LogP contribution in [0, 0.1) is 0 Å². The first-order chi connectivity index (χ1) is 11.8. The molecule has 1 rings (SSSR count). The lowest BCUT2D eigenvalue weighted by molar-refractivity contribution is -0.126. The Kier molecular flexibility index (Phi) is 13.1. The lowest BCUT2D eigenvalue weighted by Crippen LogP contribution is -2.56. The third-order valence-corrected chi connectivity index (χ3v) is 5.14. The minimum Gasteiger partial charge on any atom is -0.355 e. The fourth-order valence-corrected chi connectivity index (χ4v) is 3.39. The van der Waals surface area contributed by atoms with Crippen molar-refractivity contribution in [1.29, 1.82) is 0 Å². The number of likely N-dealkylation sites (N-methyl/N-ethyl adjacent to an activating group) is 1. The van der Waals surface area contributed by atoms with Crippen LogP contribution in [0.4, 0.5) is 0 Å². The fourth-order valence-electron chi connectivity index (χ4n) is 3.39. The summed E-state index contributed by atoms with van der Waals surface area (Å²) in [6, 6.07) is 0.0103. The first kappa shape index (κ1) is 21.4. The molecule has 0 saturated carbocycles. The van der Waals surface area contributed by atoms with Crippen molar-refractivity contribution >= 4 is 5.91 Å². The molecule has 0 radical (unpaired) electrons. The zero-order valence-corrected chi connectivity index (χ0v) is 16.2. The van der Waals surface area contributed by atoms with Crippen LogP contribution in [0.25, 0.3) is 0 Å². The quantitative estimate of drug-likeness (QED) is 0.474. The van der Waals surface area contributed by atoms with Gasteiger partial charge in [0, 0.05) is 26.2 Å². The normalized spacial score (nSPS) is 18.7. The van der Waals surface area contributed by atoms with Gasteiger partial charge in [-0.25, -0.2) is 0 Å². The Hall–Kier alpha value is -0.610. The zero-order chi connectivity index (χ0) is 17.5. The van der Waals surface area contributed by atoms with E-state index in [1.807, 2.05) is 7.05 Å². The number of nitrogens with zero attached hydrogens (tertiary/aromatic N) is 1. The van der Waals surface area contributed by atoms with E-state index in [4.69, 9.17) is 0 Å². The zero-order valence-electron chi connectivity index (χ0n) is 16.2.